The zero-order valence-electron chi connectivity index (χ0n) is 16.3. The topological polar surface area (TPSA) is 64.6 Å². The lowest BCUT2D eigenvalue weighted by Crippen LogP contribution is -2.30. The van der Waals surface area contributed by atoms with Gasteiger partial charge in [-0.25, -0.2) is 9.37 Å². The number of hydrogen-bond donors (Lipinski definition) is 0. The minimum Gasteiger partial charge on any atom is -0.495 e. The molecule has 1 amide bonds. The van der Waals surface area contributed by atoms with Gasteiger partial charge in [-0.1, -0.05) is 17.4 Å². The summed E-state index contributed by atoms with van der Waals surface area (Å²) < 4.78 is 25.0. The van der Waals surface area contributed by atoms with Gasteiger partial charge in [0.25, 0.3) is 5.91 Å². The van der Waals surface area contributed by atoms with Crippen molar-refractivity contribution in [1.82, 2.24) is 9.97 Å². The summed E-state index contributed by atoms with van der Waals surface area (Å²) in [6.07, 6.45) is 1.67. The molecule has 0 aliphatic carbocycles. The molecule has 30 heavy (non-hydrogen) atoms. The summed E-state index contributed by atoms with van der Waals surface area (Å²) in [6.45, 7) is 0.210. The molecule has 0 spiro atoms. The van der Waals surface area contributed by atoms with E-state index in [1.165, 1.54) is 40.5 Å². The maximum atomic E-state index is 13.4. The van der Waals surface area contributed by atoms with Crippen molar-refractivity contribution in [1.29, 1.82) is 0 Å². The molecule has 0 bridgehead atoms. The molecule has 0 unspecified atom stereocenters. The van der Waals surface area contributed by atoms with Crippen LogP contribution in [-0.2, 0) is 6.54 Å². The van der Waals surface area contributed by atoms with Crippen molar-refractivity contribution in [3.05, 3.63) is 77.9 Å². The van der Waals surface area contributed by atoms with Crippen LogP contribution >= 0.6 is 11.3 Å². The highest BCUT2D eigenvalue weighted by Gasteiger charge is 2.24. The zero-order valence-corrected chi connectivity index (χ0v) is 17.1. The number of methoxy groups -OCH3 is 2. The molecule has 4 rings (SSSR count). The first-order valence-corrected chi connectivity index (χ1v) is 9.91. The van der Waals surface area contributed by atoms with Gasteiger partial charge in [-0.15, -0.1) is 0 Å². The molecule has 0 aliphatic rings. The third-order valence-corrected chi connectivity index (χ3v) is 5.61. The van der Waals surface area contributed by atoms with E-state index in [4.69, 9.17) is 9.47 Å². The summed E-state index contributed by atoms with van der Waals surface area (Å²) in [4.78, 5) is 23.9. The molecule has 6 nitrogen and oxygen atoms in total. The van der Waals surface area contributed by atoms with Crippen molar-refractivity contribution in [2.45, 2.75) is 6.54 Å². The van der Waals surface area contributed by atoms with Gasteiger partial charge in [0.2, 0.25) is 0 Å². The second-order valence-electron chi connectivity index (χ2n) is 6.36. The normalized spacial score (nSPS) is 10.8. The molecule has 152 valence electrons. The highest BCUT2D eigenvalue weighted by molar-refractivity contribution is 7.22. The van der Waals surface area contributed by atoms with Crippen LogP contribution in [0.2, 0.25) is 0 Å². The Kier molecular flexibility index (Phi) is 5.58. The number of benzene rings is 2. The van der Waals surface area contributed by atoms with Gasteiger partial charge in [-0.3, -0.25) is 14.7 Å². The van der Waals surface area contributed by atoms with E-state index in [2.05, 4.69) is 9.97 Å². The Morgan fingerprint density at radius 1 is 1.03 bits per heavy atom. The van der Waals surface area contributed by atoms with Crippen LogP contribution < -0.4 is 14.4 Å². The van der Waals surface area contributed by atoms with Crippen LogP contribution in [0.3, 0.4) is 0 Å². The highest BCUT2D eigenvalue weighted by Crippen LogP contribution is 2.40. The van der Waals surface area contributed by atoms with E-state index in [-0.39, 0.29) is 12.5 Å². The molecule has 0 aliphatic heterocycles. The third-order valence-electron chi connectivity index (χ3n) is 4.51. The number of rotatable bonds is 6. The average Bonchev–Trinajstić information content (AvgIpc) is 3.23. The fourth-order valence-electron chi connectivity index (χ4n) is 3.02. The fourth-order valence-corrected chi connectivity index (χ4v) is 4.09. The number of nitrogens with zero attached hydrogens (tertiary/aromatic N) is 3. The number of ether oxygens (including phenoxy) is 2. The number of thiazole rings is 1. The van der Waals surface area contributed by atoms with Gasteiger partial charge in [0, 0.05) is 11.8 Å². The molecule has 4 aromatic rings. The summed E-state index contributed by atoms with van der Waals surface area (Å²) in [7, 11) is 3.14. The molecule has 2 aromatic carbocycles. The van der Waals surface area contributed by atoms with Crippen LogP contribution in [0, 0.1) is 5.82 Å². The maximum Gasteiger partial charge on any atom is 0.260 e. The van der Waals surface area contributed by atoms with Crippen molar-refractivity contribution in [3.63, 3.8) is 0 Å². The van der Waals surface area contributed by atoms with Crippen LogP contribution in [0.1, 0.15) is 16.1 Å². The van der Waals surface area contributed by atoms with Gasteiger partial charge in [-0.05, 0) is 48.5 Å². The number of carbonyl (C=O) groups is 1. The van der Waals surface area contributed by atoms with Gasteiger partial charge < -0.3 is 9.47 Å². The number of fused-ring (bicyclic) bond motifs is 1. The molecule has 0 N–H and O–H groups in total. The van der Waals surface area contributed by atoms with E-state index < -0.39 is 5.82 Å². The van der Waals surface area contributed by atoms with Gasteiger partial charge in [0.1, 0.15) is 27.5 Å². The second-order valence-corrected chi connectivity index (χ2v) is 7.34. The van der Waals surface area contributed by atoms with Gasteiger partial charge in [0.15, 0.2) is 5.13 Å². The predicted octanol–water partition coefficient (Wildman–Crippen LogP) is 4.69. The largest absolute Gasteiger partial charge is 0.495 e. The quantitative estimate of drug-likeness (QED) is 0.450. The Bertz CT molecular complexity index is 1140. The molecular weight excluding hydrogens is 405 g/mol. The van der Waals surface area contributed by atoms with Crippen LogP contribution in [0.5, 0.6) is 11.5 Å². The Morgan fingerprint density at radius 3 is 2.43 bits per heavy atom. The van der Waals surface area contributed by atoms with Crippen LogP contribution in [-0.4, -0.2) is 30.1 Å². The lowest BCUT2D eigenvalue weighted by Gasteiger charge is -2.19. The summed E-state index contributed by atoms with van der Waals surface area (Å²) in [6, 6.07) is 14.5. The standard InChI is InChI=1S/C22H18FN3O3S/c1-28-17-10-11-18(29-2)20-19(17)25-22(30-20)26(13-16-5-3-4-12-24-16)21(27)14-6-8-15(23)9-7-14/h3-12H,13H2,1-2H3. The Balaban J connectivity index is 1.82. The van der Waals surface area contributed by atoms with Gasteiger partial charge in [0.05, 0.1) is 26.5 Å². The number of halogens is 1. The Labute approximate surface area is 176 Å². The molecule has 0 saturated carbocycles. The van der Waals surface area contributed by atoms with Crippen LogP contribution in [0.4, 0.5) is 9.52 Å². The lowest BCUT2D eigenvalue weighted by molar-refractivity contribution is 0.0984. The van der Waals surface area contributed by atoms with Crippen molar-refractivity contribution in [2.75, 3.05) is 19.1 Å². The first-order valence-electron chi connectivity index (χ1n) is 9.09. The monoisotopic (exact) mass is 423 g/mol. The van der Waals surface area contributed by atoms with Gasteiger partial charge in [-0.2, -0.15) is 0 Å². The van der Waals surface area contributed by atoms with Crippen LogP contribution in [0.25, 0.3) is 10.2 Å². The van der Waals surface area contributed by atoms with Crippen molar-refractivity contribution >= 4 is 32.6 Å². The Hall–Kier alpha value is -3.52. The number of pyridine rings is 1. The van der Waals surface area contributed by atoms with Crippen molar-refractivity contribution in [3.8, 4) is 11.5 Å². The second kappa shape index (κ2) is 8.46. The van der Waals surface area contributed by atoms with E-state index >= 15 is 0 Å². The molecule has 0 radical (unpaired) electrons. The first-order chi connectivity index (χ1) is 14.6. The average molecular weight is 423 g/mol. The first kappa shape index (κ1) is 19.8. The smallest absolute Gasteiger partial charge is 0.260 e. The van der Waals surface area contributed by atoms with E-state index in [0.29, 0.717) is 33.4 Å². The summed E-state index contributed by atoms with van der Waals surface area (Å²) in [5.41, 5.74) is 1.66. The molecule has 2 aromatic heterocycles. The third kappa shape index (κ3) is 3.81. The minimum absolute atomic E-state index is 0.210. The number of hydrogen-bond acceptors (Lipinski definition) is 6. The number of aromatic nitrogens is 2. The zero-order chi connectivity index (χ0) is 21.1. The number of amides is 1. The predicted molar refractivity (Wildman–Crippen MR) is 114 cm³/mol. The summed E-state index contributed by atoms with van der Waals surface area (Å²) >= 11 is 1.32. The fraction of sp³-hybridized carbons (Fsp3) is 0.136. The molecule has 8 heteroatoms. The van der Waals surface area contributed by atoms with E-state index in [9.17, 15) is 9.18 Å². The van der Waals surface area contributed by atoms with E-state index in [0.717, 1.165) is 4.70 Å². The summed E-state index contributed by atoms with van der Waals surface area (Å²) in [5.74, 6) is 0.511. The number of anilines is 1. The van der Waals surface area contributed by atoms with Crippen molar-refractivity contribution in [2.24, 2.45) is 0 Å². The Morgan fingerprint density at radius 2 is 1.77 bits per heavy atom. The van der Waals surface area contributed by atoms with Crippen LogP contribution in [0.15, 0.2) is 60.8 Å². The lowest BCUT2D eigenvalue weighted by atomic mass is 10.2. The summed E-state index contributed by atoms with van der Waals surface area (Å²) in [5, 5.41) is 0.466. The molecule has 2 heterocycles. The molecule has 0 saturated heterocycles. The van der Waals surface area contributed by atoms with Crippen molar-refractivity contribution < 1.29 is 18.7 Å². The molecule has 0 atom stereocenters. The molecule has 0 fully saturated rings. The highest BCUT2D eigenvalue weighted by atomic mass is 32.1. The maximum absolute atomic E-state index is 13.4. The van der Waals surface area contributed by atoms with E-state index in [1.54, 1.807) is 32.5 Å². The van der Waals surface area contributed by atoms with Gasteiger partial charge >= 0.3 is 0 Å². The minimum atomic E-state index is -0.405. The number of carbonyl (C=O) groups excluding carboxylic acids is 1. The SMILES string of the molecule is COc1ccc(OC)c2sc(N(Cc3ccccn3)C(=O)c3ccc(F)cc3)nc12. The van der Waals surface area contributed by atoms with E-state index in [1.807, 2.05) is 18.2 Å². The molecular formula is C22H18FN3O3S.